The zero-order chi connectivity index (χ0) is 10.9. The van der Waals surface area contributed by atoms with Gasteiger partial charge in [-0.1, -0.05) is 30.3 Å². The molecule has 1 aromatic carbocycles. The molecule has 0 amide bonds. The number of oxazole rings is 1. The van der Waals surface area contributed by atoms with Crippen LogP contribution in [0.5, 0.6) is 0 Å². The molecule has 0 unspecified atom stereocenters. The van der Waals surface area contributed by atoms with Crippen molar-refractivity contribution < 1.29 is 13.2 Å². The first-order valence-corrected chi connectivity index (χ1v) is 4.26. The van der Waals surface area contributed by atoms with Crippen molar-refractivity contribution in [3.8, 4) is 0 Å². The summed E-state index contributed by atoms with van der Waals surface area (Å²) in [6.45, 7) is 0. The number of rotatable bonds is 2. The van der Waals surface area contributed by atoms with E-state index in [1.165, 1.54) is 24.3 Å². The first-order valence-electron chi connectivity index (χ1n) is 4.26. The van der Waals surface area contributed by atoms with E-state index in [4.69, 9.17) is 5.73 Å². The third-order valence-corrected chi connectivity index (χ3v) is 1.97. The summed E-state index contributed by atoms with van der Waals surface area (Å²) in [6.07, 6.45) is 0.933. The number of nitrogen functional groups attached to an aromatic ring is 1. The molecule has 3 nitrogen and oxygen atoms in total. The summed E-state index contributed by atoms with van der Waals surface area (Å²) < 4.78 is 32.0. The lowest BCUT2D eigenvalue weighted by Crippen LogP contribution is -2.13. The summed E-state index contributed by atoms with van der Waals surface area (Å²) >= 11 is 0. The van der Waals surface area contributed by atoms with Crippen molar-refractivity contribution in [1.29, 1.82) is 0 Å². The Morgan fingerprint density at radius 3 is 2.40 bits per heavy atom. The predicted octanol–water partition coefficient (Wildman–Crippen LogP) is 2.40. The van der Waals surface area contributed by atoms with Crippen LogP contribution in [-0.2, 0) is 5.92 Å². The zero-order valence-electron chi connectivity index (χ0n) is 7.65. The molecule has 0 fully saturated rings. The minimum absolute atomic E-state index is 0.152. The van der Waals surface area contributed by atoms with Gasteiger partial charge in [-0.25, -0.2) is 4.98 Å². The fourth-order valence-corrected chi connectivity index (χ4v) is 1.22. The number of hydrogen-bond donors (Lipinski definition) is 1. The monoisotopic (exact) mass is 210 g/mol. The molecule has 0 saturated heterocycles. The van der Waals surface area contributed by atoms with Gasteiger partial charge in [0.25, 0.3) is 6.01 Å². The van der Waals surface area contributed by atoms with E-state index in [9.17, 15) is 8.78 Å². The summed E-state index contributed by atoms with van der Waals surface area (Å²) in [5.41, 5.74) is 4.99. The topological polar surface area (TPSA) is 52.0 Å². The van der Waals surface area contributed by atoms with E-state index in [0.29, 0.717) is 0 Å². The molecule has 0 aliphatic rings. The molecule has 15 heavy (non-hydrogen) atoms. The average Bonchev–Trinajstić information content (AvgIpc) is 2.67. The third-order valence-electron chi connectivity index (χ3n) is 1.97. The van der Waals surface area contributed by atoms with Gasteiger partial charge in [0.05, 0.1) is 6.20 Å². The number of nitrogens with two attached hydrogens (primary N) is 1. The minimum Gasteiger partial charge on any atom is -0.422 e. The van der Waals surface area contributed by atoms with E-state index >= 15 is 0 Å². The van der Waals surface area contributed by atoms with Crippen molar-refractivity contribution in [3.05, 3.63) is 47.9 Å². The molecule has 0 atom stereocenters. The number of anilines is 1. The second kappa shape index (κ2) is 3.34. The first-order chi connectivity index (χ1) is 7.10. The predicted molar refractivity (Wildman–Crippen MR) is 50.4 cm³/mol. The largest absolute Gasteiger partial charge is 0.422 e. The summed E-state index contributed by atoms with van der Waals surface area (Å²) in [7, 11) is 0. The quantitative estimate of drug-likeness (QED) is 0.827. The maximum atomic E-state index is 13.7. The number of benzene rings is 1. The molecule has 0 radical (unpaired) electrons. The van der Waals surface area contributed by atoms with Crippen LogP contribution in [-0.4, -0.2) is 4.98 Å². The molecular weight excluding hydrogens is 202 g/mol. The second-order valence-electron chi connectivity index (χ2n) is 3.00. The fourth-order valence-electron chi connectivity index (χ4n) is 1.22. The summed E-state index contributed by atoms with van der Waals surface area (Å²) in [5, 5.41) is 0. The lowest BCUT2D eigenvalue weighted by molar-refractivity contribution is 0.0198. The van der Waals surface area contributed by atoms with Gasteiger partial charge in [-0.05, 0) is 0 Å². The second-order valence-corrected chi connectivity index (χ2v) is 3.00. The van der Waals surface area contributed by atoms with Gasteiger partial charge < -0.3 is 10.2 Å². The molecule has 0 bridgehead atoms. The highest BCUT2D eigenvalue weighted by atomic mass is 19.3. The molecular formula is C10H8F2N2O. The van der Waals surface area contributed by atoms with Crippen molar-refractivity contribution in [2.24, 2.45) is 0 Å². The zero-order valence-corrected chi connectivity index (χ0v) is 7.65. The van der Waals surface area contributed by atoms with Gasteiger partial charge >= 0.3 is 5.92 Å². The first kappa shape index (κ1) is 9.64. The van der Waals surface area contributed by atoms with Crippen LogP contribution in [0.25, 0.3) is 0 Å². The molecule has 5 heteroatoms. The van der Waals surface area contributed by atoms with Crippen LogP contribution < -0.4 is 5.73 Å². The van der Waals surface area contributed by atoms with Crippen molar-refractivity contribution in [2.75, 3.05) is 5.73 Å². The van der Waals surface area contributed by atoms with Crippen molar-refractivity contribution in [1.82, 2.24) is 4.98 Å². The Bertz CT molecular complexity index is 453. The number of hydrogen-bond acceptors (Lipinski definition) is 3. The van der Waals surface area contributed by atoms with Crippen LogP contribution >= 0.6 is 0 Å². The number of alkyl halides is 2. The Morgan fingerprint density at radius 1 is 1.20 bits per heavy atom. The molecule has 0 spiro atoms. The van der Waals surface area contributed by atoms with Gasteiger partial charge in [-0.15, -0.1) is 0 Å². The highest BCUT2D eigenvalue weighted by Crippen LogP contribution is 2.35. The van der Waals surface area contributed by atoms with Crippen LogP contribution in [0.2, 0.25) is 0 Å². The molecule has 78 valence electrons. The highest BCUT2D eigenvalue weighted by molar-refractivity contribution is 5.28. The maximum absolute atomic E-state index is 13.7. The fraction of sp³-hybridized carbons (Fsp3) is 0.100. The molecule has 1 heterocycles. The molecule has 2 N–H and O–H groups in total. The van der Waals surface area contributed by atoms with Gasteiger partial charge in [-0.3, -0.25) is 0 Å². The van der Waals surface area contributed by atoms with Crippen molar-refractivity contribution in [3.63, 3.8) is 0 Å². The summed E-state index contributed by atoms with van der Waals surface area (Å²) in [4.78, 5) is 3.44. The Kier molecular flexibility index (Phi) is 2.15. The standard InChI is InChI=1S/C10H8F2N2O/c11-10(12,7-4-2-1-3-5-7)8-6-14-9(13)15-8/h1-6H,(H2,13,14). The molecule has 0 aliphatic heterocycles. The van der Waals surface area contributed by atoms with Crippen molar-refractivity contribution >= 4 is 6.01 Å². The van der Waals surface area contributed by atoms with Crippen molar-refractivity contribution in [2.45, 2.75) is 5.92 Å². The number of halogens is 2. The Labute approximate surface area is 84.5 Å². The maximum Gasteiger partial charge on any atom is 0.331 e. The molecule has 2 aromatic rings. The van der Waals surface area contributed by atoms with E-state index in [1.54, 1.807) is 6.07 Å². The lowest BCUT2D eigenvalue weighted by Gasteiger charge is -2.12. The molecule has 0 aliphatic carbocycles. The van der Waals surface area contributed by atoms with E-state index < -0.39 is 11.7 Å². The lowest BCUT2D eigenvalue weighted by atomic mass is 10.1. The SMILES string of the molecule is Nc1ncc(C(F)(F)c2ccccc2)o1. The van der Waals surface area contributed by atoms with E-state index in [2.05, 4.69) is 9.40 Å². The van der Waals surface area contributed by atoms with Gasteiger partial charge in [0, 0.05) is 5.56 Å². The van der Waals surface area contributed by atoms with Crippen LogP contribution in [0.3, 0.4) is 0 Å². The van der Waals surface area contributed by atoms with E-state index in [-0.39, 0.29) is 11.6 Å². The summed E-state index contributed by atoms with van der Waals surface area (Å²) in [6, 6.07) is 7.10. The third kappa shape index (κ3) is 1.68. The van der Waals surface area contributed by atoms with Gasteiger partial charge in [0.2, 0.25) is 0 Å². The minimum atomic E-state index is -3.20. The summed E-state index contributed by atoms with van der Waals surface area (Å²) in [5.74, 6) is -3.75. The molecule has 0 saturated carbocycles. The Morgan fingerprint density at radius 2 is 1.87 bits per heavy atom. The van der Waals surface area contributed by atoms with Crippen LogP contribution in [0.15, 0.2) is 40.9 Å². The number of nitrogens with zero attached hydrogens (tertiary/aromatic N) is 1. The smallest absolute Gasteiger partial charge is 0.331 e. The van der Waals surface area contributed by atoms with Crippen LogP contribution in [0.4, 0.5) is 14.8 Å². The van der Waals surface area contributed by atoms with Gasteiger partial charge in [0.15, 0.2) is 5.76 Å². The normalized spacial score (nSPS) is 11.6. The Hall–Kier alpha value is -1.91. The molecule has 1 aromatic heterocycles. The Balaban J connectivity index is 2.43. The van der Waals surface area contributed by atoms with Gasteiger partial charge in [-0.2, -0.15) is 8.78 Å². The molecule has 2 rings (SSSR count). The highest BCUT2D eigenvalue weighted by Gasteiger charge is 2.37. The number of aromatic nitrogens is 1. The van der Waals surface area contributed by atoms with Crippen LogP contribution in [0.1, 0.15) is 11.3 Å². The average molecular weight is 210 g/mol. The van der Waals surface area contributed by atoms with E-state index in [1.807, 2.05) is 0 Å². The van der Waals surface area contributed by atoms with E-state index in [0.717, 1.165) is 6.20 Å². The van der Waals surface area contributed by atoms with Gasteiger partial charge in [0.1, 0.15) is 0 Å². The van der Waals surface area contributed by atoms with Crippen LogP contribution in [0, 0.1) is 0 Å².